The van der Waals surface area contributed by atoms with E-state index in [-0.39, 0.29) is 17.4 Å². The minimum atomic E-state index is -0.477. The molecule has 1 atom stereocenters. The van der Waals surface area contributed by atoms with Gasteiger partial charge >= 0.3 is 5.69 Å². The van der Waals surface area contributed by atoms with Gasteiger partial charge in [-0.25, -0.2) is 9.18 Å². The van der Waals surface area contributed by atoms with Crippen molar-refractivity contribution in [3.8, 4) is 0 Å². The van der Waals surface area contributed by atoms with Crippen molar-refractivity contribution in [1.82, 2.24) is 14.9 Å². The van der Waals surface area contributed by atoms with Gasteiger partial charge in [0.2, 0.25) is 5.91 Å². The minimum absolute atomic E-state index is 0.222. The van der Waals surface area contributed by atoms with Crippen LogP contribution in [0.5, 0.6) is 0 Å². The Kier molecular flexibility index (Phi) is 5.24. The standard InChI is InChI=1S/C18H18BrFN4O2/c1-10(24(2)9-11-7-12(19)3-5-14(11)20)17(25)21-13-4-6-15-16(8-13)23-18(26)22-15/h3-8,10H,9H2,1-2H3,(H,21,25)(H2,22,23,26). The lowest BCUT2D eigenvalue weighted by atomic mass is 10.1. The van der Waals surface area contributed by atoms with E-state index in [1.807, 2.05) is 0 Å². The number of H-pyrrole nitrogens is 2. The number of rotatable bonds is 5. The van der Waals surface area contributed by atoms with Crippen LogP contribution in [-0.4, -0.2) is 33.9 Å². The third kappa shape index (κ3) is 4.03. The van der Waals surface area contributed by atoms with Gasteiger partial charge in [-0.2, -0.15) is 0 Å². The van der Waals surface area contributed by atoms with Gasteiger partial charge in [-0.1, -0.05) is 15.9 Å². The second-order valence-corrected chi connectivity index (χ2v) is 7.07. The Labute approximate surface area is 157 Å². The minimum Gasteiger partial charge on any atom is -0.325 e. The summed E-state index contributed by atoms with van der Waals surface area (Å²) in [5.74, 6) is -0.533. The smallest absolute Gasteiger partial charge is 0.323 e. The molecule has 0 fully saturated rings. The average molecular weight is 421 g/mol. The summed E-state index contributed by atoms with van der Waals surface area (Å²) in [6.45, 7) is 2.05. The number of imidazole rings is 1. The van der Waals surface area contributed by atoms with Crippen LogP contribution in [0.25, 0.3) is 11.0 Å². The topological polar surface area (TPSA) is 81.0 Å². The van der Waals surface area contributed by atoms with Gasteiger partial charge in [-0.05, 0) is 50.4 Å². The van der Waals surface area contributed by atoms with Gasteiger partial charge in [0.1, 0.15) is 5.82 Å². The van der Waals surface area contributed by atoms with Crippen molar-refractivity contribution < 1.29 is 9.18 Å². The van der Waals surface area contributed by atoms with Gasteiger partial charge in [-0.15, -0.1) is 0 Å². The zero-order valence-corrected chi connectivity index (χ0v) is 15.9. The number of hydrogen-bond donors (Lipinski definition) is 3. The van der Waals surface area contributed by atoms with Crippen molar-refractivity contribution >= 4 is 38.6 Å². The lowest BCUT2D eigenvalue weighted by Crippen LogP contribution is -2.39. The Hall–Kier alpha value is -2.45. The molecule has 26 heavy (non-hydrogen) atoms. The van der Waals surface area contributed by atoms with E-state index >= 15 is 0 Å². The van der Waals surface area contributed by atoms with E-state index in [0.717, 1.165) is 4.47 Å². The van der Waals surface area contributed by atoms with Crippen LogP contribution < -0.4 is 11.0 Å². The lowest BCUT2D eigenvalue weighted by Gasteiger charge is -2.24. The van der Waals surface area contributed by atoms with Gasteiger partial charge < -0.3 is 15.3 Å². The molecule has 1 heterocycles. The second-order valence-electron chi connectivity index (χ2n) is 6.16. The molecule has 6 nitrogen and oxygen atoms in total. The molecule has 0 aliphatic rings. The monoisotopic (exact) mass is 420 g/mol. The number of aromatic nitrogens is 2. The Morgan fingerprint density at radius 1 is 1.23 bits per heavy atom. The molecule has 1 amide bonds. The van der Waals surface area contributed by atoms with E-state index in [2.05, 4.69) is 31.2 Å². The maximum Gasteiger partial charge on any atom is 0.323 e. The fourth-order valence-electron chi connectivity index (χ4n) is 2.63. The number of anilines is 1. The predicted octanol–water partition coefficient (Wildman–Crippen LogP) is 3.22. The normalized spacial score (nSPS) is 12.5. The van der Waals surface area contributed by atoms with Crippen LogP contribution in [0.4, 0.5) is 10.1 Å². The van der Waals surface area contributed by atoms with Crippen LogP contribution in [0.2, 0.25) is 0 Å². The Balaban J connectivity index is 1.69. The number of carbonyl (C=O) groups excluding carboxylic acids is 1. The van der Waals surface area contributed by atoms with Gasteiger partial charge in [0.25, 0.3) is 0 Å². The number of fused-ring (bicyclic) bond motifs is 1. The van der Waals surface area contributed by atoms with Crippen LogP contribution in [0.1, 0.15) is 12.5 Å². The van der Waals surface area contributed by atoms with E-state index in [1.54, 1.807) is 49.2 Å². The van der Waals surface area contributed by atoms with Crippen molar-refractivity contribution in [2.75, 3.05) is 12.4 Å². The summed E-state index contributed by atoms with van der Waals surface area (Å²) in [6, 6.07) is 9.37. The summed E-state index contributed by atoms with van der Waals surface area (Å²) in [5.41, 5.74) is 2.07. The summed E-state index contributed by atoms with van der Waals surface area (Å²) in [5, 5.41) is 2.82. The number of aromatic amines is 2. The largest absolute Gasteiger partial charge is 0.325 e. The summed E-state index contributed by atoms with van der Waals surface area (Å²) in [4.78, 5) is 30.9. The molecule has 0 spiro atoms. The zero-order valence-electron chi connectivity index (χ0n) is 14.3. The van der Waals surface area contributed by atoms with E-state index in [9.17, 15) is 14.0 Å². The number of nitrogens with zero attached hydrogens (tertiary/aromatic N) is 1. The second kappa shape index (κ2) is 7.43. The van der Waals surface area contributed by atoms with Crippen LogP contribution >= 0.6 is 15.9 Å². The third-order valence-electron chi connectivity index (χ3n) is 4.25. The maximum atomic E-state index is 13.9. The van der Waals surface area contributed by atoms with E-state index in [1.165, 1.54) is 6.07 Å². The molecule has 2 aromatic carbocycles. The maximum absolute atomic E-state index is 13.9. The Morgan fingerprint density at radius 3 is 2.73 bits per heavy atom. The Morgan fingerprint density at radius 2 is 1.96 bits per heavy atom. The van der Waals surface area contributed by atoms with Gasteiger partial charge in [0.05, 0.1) is 17.1 Å². The lowest BCUT2D eigenvalue weighted by molar-refractivity contribution is -0.120. The Bertz CT molecular complexity index is 1010. The molecule has 0 aliphatic heterocycles. The summed E-state index contributed by atoms with van der Waals surface area (Å²) in [6.07, 6.45) is 0. The molecule has 0 saturated heterocycles. The molecule has 0 radical (unpaired) electrons. The number of hydrogen-bond acceptors (Lipinski definition) is 3. The van der Waals surface area contributed by atoms with Crippen molar-refractivity contribution in [1.29, 1.82) is 0 Å². The first-order valence-electron chi connectivity index (χ1n) is 8.00. The fourth-order valence-corrected chi connectivity index (χ4v) is 3.04. The third-order valence-corrected chi connectivity index (χ3v) is 4.74. The highest BCUT2D eigenvalue weighted by atomic mass is 79.9. The van der Waals surface area contributed by atoms with E-state index < -0.39 is 6.04 Å². The van der Waals surface area contributed by atoms with Crippen LogP contribution in [0, 0.1) is 5.82 Å². The van der Waals surface area contributed by atoms with Crippen LogP contribution in [-0.2, 0) is 11.3 Å². The summed E-state index contributed by atoms with van der Waals surface area (Å²) >= 11 is 3.33. The molecule has 3 N–H and O–H groups in total. The van der Waals surface area contributed by atoms with Crippen molar-refractivity contribution in [2.24, 2.45) is 0 Å². The predicted molar refractivity (Wildman–Crippen MR) is 103 cm³/mol. The molecule has 0 bridgehead atoms. The highest BCUT2D eigenvalue weighted by molar-refractivity contribution is 9.10. The summed E-state index contributed by atoms with van der Waals surface area (Å²) in [7, 11) is 1.76. The number of amides is 1. The first-order valence-corrected chi connectivity index (χ1v) is 8.80. The molecular weight excluding hydrogens is 403 g/mol. The van der Waals surface area contributed by atoms with Crippen LogP contribution in [0.15, 0.2) is 45.7 Å². The number of benzene rings is 2. The van der Waals surface area contributed by atoms with Crippen molar-refractivity contribution in [2.45, 2.75) is 19.5 Å². The molecule has 1 aromatic heterocycles. The molecule has 0 saturated carbocycles. The molecule has 3 aromatic rings. The number of halogens is 2. The zero-order chi connectivity index (χ0) is 18.8. The van der Waals surface area contributed by atoms with E-state index in [0.29, 0.717) is 28.8 Å². The number of carbonyl (C=O) groups is 1. The quantitative estimate of drug-likeness (QED) is 0.592. The fraction of sp³-hybridized carbons (Fsp3) is 0.222. The first kappa shape index (κ1) is 18.3. The molecule has 0 aliphatic carbocycles. The highest BCUT2D eigenvalue weighted by Crippen LogP contribution is 2.19. The van der Waals surface area contributed by atoms with Gasteiger partial charge in [0.15, 0.2) is 0 Å². The van der Waals surface area contributed by atoms with Gasteiger partial charge in [0, 0.05) is 22.3 Å². The molecular formula is C18H18BrFN4O2. The molecule has 136 valence electrons. The van der Waals surface area contributed by atoms with Crippen LogP contribution in [0.3, 0.4) is 0 Å². The number of nitrogens with one attached hydrogen (secondary N) is 3. The van der Waals surface area contributed by atoms with E-state index in [4.69, 9.17) is 0 Å². The average Bonchev–Trinajstić information content (AvgIpc) is 2.96. The first-order chi connectivity index (χ1) is 12.3. The molecule has 1 unspecified atom stereocenters. The highest BCUT2D eigenvalue weighted by Gasteiger charge is 2.19. The SMILES string of the molecule is CC(C(=O)Nc1ccc2[nH]c(=O)[nH]c2c1)N(C)Cc1cc(Br)ccc1F. The number of likely N-dealkylation sites (N-methyl/N-ethyl adjacent to an activating group) is 1. The van der Waals surface area contributed by atoms with Gasteiger partial charge in [-0.3, -0.25) is 9.69 Å². The van der Waals surface area contributed by atoms with Crippen molar-refractivity contribution in [3.05, 3.63) is 62.7 Å². The molecule has 8 heteroatoms. The van der Waals surface area contributed by atoms with Crippen molar-refractivity contribution in [3.63, 3.8) is 0 Å². The summed E-state index contributed by atoms with van der Waals surface area (Å²) < 4.78 is 14.7. The molecule has 3 rings (SSSR count).